The number of nitrogens with one attached hydrogen (secondary N) is 2. The Bertz CT molecular complexity index is 1610. The molecule has 3 heterocycles. The van der Waals surface area contributed by atoms with Crippen molar-refractivity contribution in [3.8, 4) is 11.4 Å². The Hall–Kier alpha value is -4.17. The number of thiocarbonyl (C=S) groups is 1. The van der Waals surface area contributed by atoms with Crippen molar-refractivity contribution in [1.29, 1.82) is 0 Å². The van der Waals surface area contributed by atoms with E-state index in [4.69, 9.17) is 21.9 Å². The molecule has 2 atom stereocenters. The number of amides is 1. The van der Waals surface area contributed by atoms with Crippen molar-refractivity contribution >= 4 is 34.6 Å². The topological polar surface area (TPSA) is 71.4 Å². The van der Waals surface area contributed by atoms with Crippen molar-refractivity contribution in [1.82, 2.24) is 14.9 Å². The van der Waals surface area contributed by atoms with E-state index in [0.29, 0.717) is 16.5 Å². The summed E-state index contributed by atoms with van der Waals surface area (Å²) >= 11 is 5.97. The number of anilines is 2. The smallest absolute Gasteiger partial charge is 0.229 e. The zero-order valence-corrected chi connectivity index (χ0v) is 25.5. The van der Waals surface area contributed by atoms with E-state index in [-0.39, 0.29) is 18.0 Å². The quantitative estimate of drug-likeness (QED) is 0.245. The average Bonchev–Trinajstić information content (AvgIpc) is 3.43. The van der Waals surface area contributed by atoms with Crippen LogP contribution in [0.2, 0.25) is 0 Å². The van der Waals surface area contributed by atoms with Crippen LogP contribution in [0.3, 0.4) is 0 Å². The van der Waals surface area contributed by atoms with Crippen LogP contribution in [0.5, 0.6) is 5.75 Å². The van der Waals surface area contributed by atoms with Crippen molar-refractivity contribution in [3.05, 3.63) is 101 Å². The molecule has 0 saturated carbocycles. The van der Waals surface area contributed by atoms with Gasteiger partial charge in [-0.05, 0) is 86.6 Å². The lowest BCUT2D eigenvalue weighted by atomic mass is 9.95. The fourth-order valence-electron chi connectivity index (χ4n) is 5.44. The number of hydrogen-bond donors (Lipinski definition) is 2. The molecule has 0 unspecified atom stereocenters. The summed E-state index contributed by atoms with van der Waals surface area (Å²) in [6.45, 7) is 12.0. The van der Waals surface area contributed by atoms with Gasteiger partial charge in [0, 0.05) is 40.4 Å². The molecule has 7 nitrogen and oxygen atoms in total. The highest BCUT2D eigenvalue weighted by atomic mass is 32.1. The van der Waals surface area contributed by atoms with Crippen LogP contribution in [0.4, 0.5) is 11.4 Å². The molecule has 1 amide bonds. The summed E-state index contributed by atoms with van der Waals surface area (Å²) in [5.74, 6) is 0.478. The number of carbonyl (C=O) groups is 1. The Morgan fingerprint density at radius 2 is 1.78 bits per heavy atom. The number of hydrogen-bond acceptors (Lipinski definition) is 4. The number of pyridine rings is 1. The van der Waals surface area contributed by atoms with E-state index in [1.165, 1.54) is 5.56 Å². The summed E-state index contributed by atoms with van der Waals surface area (Å²) in [6.07, 6.45) is 1.81. The molecule has 2 aromatic carbocycles. The van der Waals surface area contributed by atoms with Crippen LogP contribution in [0.1, 0.15) is 61.1 Å². The normalized spacial score (nSPS) is 17.0. The van der Waals surface area contributed by atoms with Crippen LogP contribution in [0, 0.1) is 26.2 Å². The zero-order valence-electron chi connectivity index (χ0n) is 24.6. The fourth-order valence-corrected chi connectivity index (χ4v) is 5.79. The highest BCUT2D eigenvalue weighted by Crippen LogP contribution is 2.45. The lowest BCUT2D eigenvalue weighted by Crippen LogP contribution is -2.30. The summed E-state index contributed by atoms with van der Waals surface area (Å²) in [5, 5.41) is 7.15. The van der Waals surface area contributed by atoms with Crippen LogP contribution in [-0.2, 0) is 4.79 Å². The third-order valence-corrected chi connectivity index (χ3v) is 7.85. The second kappa shape index (κ2) is 11.0. The highest BCUT2D eigenvalue weighted by molar-refractivity contribution is 7.80. The molecule has 1 aliphatic rings. The molecule has 41 heavy (non-hydrogen) atoms. The average molecular weight is 568 g/mol. The molecule has 2 aromatic heterocycles. The summed E-state index contributed by atoms with van der Waals surface area (Å²) in [6, 6.07) is 22.2. The molecular formula is C33H37N5O2S. The molecule has 0 bridgehead atoms. The number of ether oxygens (including phenoxy) is 1. The van der Waals surface area contributed by atoms with Gasteiger partial charge in [0.25, 0.3) is 0 Å². The molecule has 212 valence electrons. The van der Waals surface area contributed by atoms with Crippen molar-refractivity contribution in [2.75, 3.05) is 17.3 Å². The molecule has 0 spiro atoms. The maximum absolute atomic E-state index is 12.7. The Morgan fingerprint density at radius 1 is 1.00 bits per heavy atom. The first-order chi connectivity index (χ1) is 19.5. The molecule has 1 saturated heterocycles. The minimum Gasteiger partial charge on any atom is -0.494 e. The third kappa shape index (κ3) is 5.44. The maximum Gasteiger partial charge on any atom is 0.229 e. The maximum atomic E-state index is 12.7. The third-order valence-electron chi connectivity index (χ3n) is 7.54. The number of nitrogens with zero attached hydrogens (tertiary/aromatic N) is 3. The van der Waals surface area contributed by atoms with Gasteiger partial charge in [-0.2, -0.15) is 0 Å². The van der Waals surface area contributed by atoms with E-state index in [9.17, 15) is 4.79 Å². The van der Waals surface area contributed by atoms with E-state index >= 15 is 0 Å². The van der Waals surface area contributed by atoms with Crippen molar-refractivity contribution < 1.29 is 9.53 Å². The first kappa shape index (κ1) is 28.4. The number of aromatic nitrogens is 2. The lowest BCUT2D eigenvalue weighted by Gasteiger charge is -2.29. The summed E-state index contributed by atoms with van der Waals surface area (Å²) in [7, 11) is 1.61. The second-order valence-electron chi connectivity index (χ2n) is 11.6. The van der Waals surface area contributed by atoms with Gasteiger partial charge in [-0.1, -0.05) is 39.0 Å². The summed E-state index contributed by atoms with van der Waals surface area (Å²) in [5.41, 5.74) is 7.60. The van der Waals surface area contributed by atoms with Crippen molar-refractivity contribution in [2.24, 2.45) is 5.41 Å². The molecule has 2 N–H and O–H groups in total. The largest absolute Gasteiger partial charge is 0.494 e. The van der Waals surface area contributed by atoms with Gasteiger partial charge in [0.15, 0.2) is 5.11 Å². The fraction of sp³-hybridized carbons (Fsp3) is 0.303. The van der Waals surface area contributed by atoms with Crippen LogP contribution in [0.25, 0.3) is 5.69 Å². The minimum absolute atomic E-state index is 0.0846. The number of rotatable bonds is 6. The predicted molar refractivity (Wildman–Crippen MR) is 169 cm³/mol. The molecule has 1 aliphatic heterocycles. The van der Waals surface area contributed by atoms with Crippen LogP contribution >= 0.6 is 12.2 Å². The Kier molecular flexibility index (Phi) is 7.62. The van der Waals surface area contributed by atoms with E-state index in [0.717, 1.165) is 34.0 Å². The molecule has 0 radical (unpaired) electrons. The van der Waals surface area contributed by atoms with Gasteiger partial charge < -0.3 is 24.8 Å². The van der Waals surface area contributed by atoms with E-state index in [2.05, 4.69) is 71.2 Å². The zero-order chi connectivity index (χ0) is 29.5. The van der Waals surface area contributed by atoms with E-state index in [1.807, 2.05) is 63.4 Å². The highest BCUT2D eigenvalue weighted by Gasteiger charge is 2.42. The van der Waals surface area contributed by atoms with Crippen molar-refractivity contribution in [3.63, 3.8) is 0 Å². The predicted octanol–water partition coefficient (Wildman–Crippen LogP) is 6.97. The summed E-state index contributed by atoms with van der Waals surface area (Å²) in [4.78, 5) is 19.6. The number of methoxy groups -OCH3 is 1. The number of carbonyl (C=O) groups excluding carboxylic acids is 1. The Morgan fingerprint density at radius 3 is 2.44 bits per heavy atom. The van der Waals surface area contributed by atoms with Crippen LogP contribution in [-0.4, -0.2) is 27.7 Å². The van der Waals surface area contributed by atoms with Gasteiger partial charge >= 0.3 is 0 Å². The van der Waals surface area contributed by atoms with Crippen LogP contribution < -0.4 is 20.3 Å². The molecule has 0 aliphatic carbocycles. The summed E-state index contributed by atoms with van der Waals surface area (Å²) < 4.78 is 8.04. The van der Waals surface area contributed by atoms with Gasteiger partial charge in [0.05, 0.1) is 30.6 Å². The van der Waals surface area contributed by atoms with Gasteiger partial charge in [0.1, 0.15) is 5.75 Å². The minimum atomic E-state index is -0.537. The second-order valence-corrected chi connectivity index (χ2v) is 12.0. The first-order valence-corrected chi connectivity index (χ1v) is 14.2. The number of benzene rings is 2. The molecular weight excluding hydrogens is 530 g/mol. The SMILES string of the molecule is COc1cc(N2C(=S)N[C@@H](c3ccccn3)[C@H]2c2cc(C)n(-c3cccc(C)c3)c2C)ccc1NC(=O)C(C)(C)C. The van der Waals surface area contributed by atoms with Gasteiger partial charge in [-0.3, -0.25) is 9.78 Å². The lowest BCUT2D eigenvalue weighted by molar-refractivity contribution is -0.123. The van der Waals surface area contributed by atoms with Crippen LogP contribution in [0.15, 0.2) is 72.9 Å². The van der Waals surface area contributed by atoms with Gasteiger partial charge in [-0.15, -0.1) is 0 Å². The van der Waals surface area contributed by atoms with E-state index < -0.39 is 5.41 Å². The molecule has 4 aromatic rings. The molecule has 5 rings (SSSR count). The Balaban J connectivity index is 1.63. The van der Waals surface area contributed by atoms with Gasteiger partial charge in [-0.25, -0.2) is 0 Å². The molecule has 1 fully saturated rings. The number of aryl methyl sites for hydroxylation is 2. The standard InChI is InChI=1S/C33H37N5O2S/c1-20-11-10-12-23(17-20)37-21(2)18-25(22(37)3)30-29(27-13-8-9-16-34-27)36-32(41)38(30)24-14-15-26(28(19-24)40-7)35-31(39)33(4,5)6/h8-19,29-30H,1-7H3,(H,35,39)(H,36,41)/t29-,30+/m0/s1. The van der Waals surface area contributed by atoms with E-state index in [1.54, 1.807) is 7.11 Å². The monoisotopic (exact) mass is 567 g/mol. The Labute approximate surface area is 247 Å². The van der Waals surface area contributed by atoms with Crippen molar-refractivity contribution in [2.45, 2.75) is 53.6 Å². The molecule has 8 heteroatoms. The first-order valence-electron chi connectivity index (χ1n) is 13.8. The van der Waals surface area contributed by atoms with Gasteiger partial charge in [0.2, 0.25) is 5.91 Å².